The molecule has 1 N–H and O–H groups in total. The number of nitrogens with one attached hydrogen (secondary N) is 1. The van der Waals surface area contributed by atoms with Gasteiger partial charge in [-0.2, -0.15) is 0 Å². The normalized spacial score (nSPS) is 11.0. The third-order valence-corrected chi connectivity index (χ3v) is 6.08. The Morgan fingerprint density at radius 2 is 1.57 bits per heavy atom. The predicted molar refractivity (Wildman–Crippen MR) is 117 cm³/mol. The molecule has 0 fully saturated rings. The first kappa shape index (κ1) is 21.7. The smallest absolute Gasteiger partial charge is 0.261 e. The van der Waals surface area contributed by atoms with Gasteiger partial charge in [-0.15, -0.1) is 0 Å². The molecule has 0 atom stereocenters. The first-order chi connectivity index (χ1) is 14.3. The van der Waals surface area contributed by atoms with E-state index in [1.807, 2.05) is 24.3 Å². The van der Waals surface area contributed by atoms with E-state index in [1.54, 1.807) is 43.3 Å². The van der Waals surface area contributed by atoms with E-state index in [9.17, 15) is 13.2 Å². The average molecular weight is 445 g/mol. The first-order valence-electron chi connectivity index (χ1n) is 9.05. The van der Waals surface area contributed by atoms with E-state index in [-0.39, 0.29) is 10.8 Å². The predicted octanol–water partition coefficient (Wildman–Crippen LogP) is 4.42. The number of carbonyl (C=O) groups is 1. The van der Waals surface area contributed by atoms with E-state index >= 15 is 0 Å². The summed E-state index contributed by atoms with van der Waals surface area (Å²) >= 11 is 5.80. The Morgan fingerprint density at radius 1 is 0.967 bits per heavy atom. The second-order valence-corrected chi connectivity index (χ2v) is 8.76. The molecule has 156 valence electrons. The van der Waals surface area contributed by atoms with Crippen molar-refractivity contribution >= 4 is 33.2 Å². The van der Waals surface area contributed by atoms with Crippen molar-refractivity contribution < 1.29 is 17.9 Å². The van der Waals surface area contributed by atoms with Crippen molar-refractivity contribution in [1.29, 1.82) is 0 Å². The van der Waals surface area contributed by atoms with Gasteiger partial charge in [-0.05, 0) is 66.2 Å². The van der Waals surface area contributed by atoms with Crippen molar-refractivity contribution in [3.05, 3.63) is 88.9 Å². The summed E-state index contributed by atoms with van der Waals surface area (Å²) in [6.45, 7) is 0.438. The third-order valence-electron chi connectivity index (χ3n) is 4.43. The second kappa shape index (κ2) is 9.19. The van der Waals surface area contributed by atoms with Crippen LogP contribution in [0.1, 0.15) is 15.9 Å². The Labute approximate surface area is 181 Å². The van der Waals surface area contributed by atoms with Gasteiger partial charge in [0.2, 0.25) is 0 Å². The zero-order valence-corrected chi connectivity index (χ0v) is 18.1. The first-order valence-corrected chi connectivity index (χ1v) is 10.9. The van der Waals surface area contributed by atoms with Crippen LogP contribution in [0, 0.1) is 0 Å². The Balaban J connectivity index is 1.66. The van der Waals surface area contributed by atoms with Crippen molar-refractivity contribution in [2.24, 2.45) is 0 Å². The maximum Gasteiger partial charge on any atom is 0.261 e. The molecule has 0 aromatic heterocycles. The molecule has 6 nitrogen and oxygen atoms in total. The van der Waals surface area contributed by atoms with Crippen LogP contribution in [0.5, 0.6) is 5.75 Å². The number of carbonyl (C=O) groups excluding carboxylic acids is 1. The van der Waals surface area contributed by atoms with Gasteiger partial charge in [0, 0.05) is 29.9 Å². The lowest BCUT2D eigenvalue weighted by Gasteiger charge is -2.18. The molecular weight excluding hydrogens is 424 g/mol. The maximum atomic E-state index is 12.7. The van der Waals surface area contributed by atoms with Crippen molar-refractivity contribution in [2.45, 2.75) is 11.4 Å². The highest BCUT2D eigenvalue weighted by atomic mass is 35.5. The van der Waals surface area contributed by atoms with E-state index in [1.165, 1.54) is 24.3 Å². The fourth-order valence-corrected chi connectivity index (χ4v) is 3.99. The number of anilines is 1. The summed E-state index contributed by atoms with van der Waals surface area (Å²) in [5.74, 6) is 0.585. The van der Waals surface area contributed by atoms with Gasteiger partial charge in [0.1, 0.15) is 5.75 Å². The Bertz CT molecular complexity index is 1110. The Hall–Kier alpha value is -3.03. The molecule has 3 aromatic carbocycles. The van der Waals surface area contributed by atoms with Crippen molar-refractivity contribution in [1.82, 2.24) is 4.90 Å². The van der Waals surface area contributed by atoms with Gasteiger partial charge in [0.05, 0.1) is 12.0 Å². The molecule has 0 heterocycles. The lowest BCUT2D eigenvalue weighted by molar-refractivity contribution is 0.0785. The number of amides is 1. The molecule has 30 heavy (non-hydrogen) atoms. The van der Waals surface area contributed by atoms with Crippen LogP contribution in [0.4, 0.5) is 5.69 Å². The van der Waals surface area contributed by atoms with Crippen LogP contribution < -0.4 is 9.46 Å². The van der Waals surface area contributed by atoms with E-state index in [4.69, 9.17) is 16.3 Å². The molecule has 0 spiro atoms. The monoisotopic (exact) mass is 444 g/mol. The maximum absolute atomic E-state index is 12.7. The van der Waals surface area contributed by atoms with Crippen LogP contribution in [-0.4, -0.2) is 33.4 Å². The van der Waals surface area contributed by atoms with Gasteiger partial charge < -0.3 is 9.64 Å². The zero-order valence-electron chi connectivity index (χ0n) is 16.5. The van der Waals surface area contributed by atoms with Crippen LogP contribution >= 0.6 is 11.6 Å². The molecule has 0 aliphatic rings. The number of methoxy groups -OCH3 is 1. The summed E-state index contributed by atoms with van der Waals surface area (Å²) in [5.41, 5.74) is 1.79. The summed E-state index contributed by atoms with van der Waals surface area (Å²) in [5, 5.41) is 0.454. The standard InChI is InChI=1S/C22H21ClN2O4S/c1-25(15-16-3-11-20(29-2)12-4-16)22(26)17-5-9-19(10-6-17)24-30(27,28)21-13-7-18(23)8-14-21/h3-14,24H,15H2,1-2H3. The molecule has 0 radical (unpaired) electrons. The molecule has 0 saturated heterocycles. The Kier molecular flexibility index (Phi) is 6.64. The van der Waals surface area contributed by atoms with Gasteiger partial charge in [-0.25, -0.2) is 8.42 Å². The van der Waals surface area contributed by atoms with Gasteiger partial charge in [0.15, 0.2) is 0 Å². The highest BCUT2D eigenvalue weighted by Gasteiger charge is 2.16. The van der Waals surface area contributed by atoms with Crippen LogP contribution in [0.3, 0.4) is 0 Å². The summed E-state index contributed by atoms with van der Waals surface area (Å²) in [4.78, 5) is 14.4. The number of ether oxygens (including phenoxy) is 1. The highest BCUT2D eigenvalue weighted by molar-refractivity contribution is 7.92. The number of sulfonamides is 1. The van der Waals surface area contributed by atoms with Gasteiger partial charge in [-0.1, -0.05) is 23.7 Å². The third kappa shape index (κ3) is 5.31. The number of rotatable bonds is 7. The molecule has 0 aliphatic heterocycles. The summed E-state index contributed by atoms with van der Waals surface area (Å²) in [6.07, 6.45) is 0. The SMILES string of the molecule is COc1ccc(CN(C)C(=O)c2ccc(NS(=O)(=O)c3ccc(Cl)cc3)cc2)cc1. The fraction of sp³-hybridized carbons (Fsp3) is 0.136. The largest absolute Gasteiger partial charge is 0.497 e. The van der Waals surface area contributed by atoms with Crippen LogP contribution in [0.15, 0.2) is 77.7 Å². The lowest BCUT2D eigenvalue weighted by atomic mass is 10.1. The average Bonchev–Trinajstić information content (AvgIpc) is 2.74. The number of hydrogen-bond donors (Lipinski definition) is 1. The van der Waals surface area contributed by atoms with Crippen LogP contribution in [0.25, 0.3) is 0 Å². The minimum Gasteiger partial charge on any atom is -0.497 e. The highest BCUT2D eigenvalue weighted by Crippen LogP contribution is 2.20. The molecular formula is C22H21ClN2O4S. The molecule has 3 rings (SSSR count). The van der Waals surface area contributed by atoms with Crippen LogP contribution in [0.2, 0.25) is 5.02 Å². The molecule has 0 saturated carbocycles. The van der Waals surface area contributed by atoms with E-state index in [0.717, 1.165) is 11.3 Å². The van der Waals surface area contributed by atoms with Crippen LogP contribution in [-0.2, 0) is 16.6 Å². The molecule has 8 heteroatoms. The van der Waals surface area contributed by atoms with E-state index in [2.05, 4.69) is 4.72 Å². The molecule has 1 amide bonds. The number of benzene rings is 3. The summed E-state index contributed by atoms with van der Waals surface area (Å²) in [7, 11) is -0.427. The van der Waals surface area contributed by atoms with Gasteiger partial charge in [-0.3, -0.25) is 9.52 Å². The zero-order chi connectivity index (χ0) is 21.7. The van der Waals surface area contributed by atoms with Gasteiger partial charge in [0.25, 0.3) is 15.9 Å². The van der Waals surface area contributed by atoms with Crippen molar-refractivity contribution in [2.75, 3.05) is 18.9 Å². The fourth-order valence-electron chi connectivity index (χ4n) is 2.81. The minimum atomic E-state index is -3.74. The number of hydrogen-bond acceptors (Lipinski definition) is 4. The van der Waals surface area contributed by atoms with E-state index < -0.39 is 10.0 Å². The Morgan fingerprint density at radius 3 is 2.13 bits per heavy atom. The van der Waals surface area contributed by atoms with E-state index in [0.29, 0.717) is 22.8 Å². The van der Waals surface area contributed by atoms with Crippen molar-refractivity contribution in [3.8, 4) is 5.75 Å². The molecule has 0 bridgehead atoms. The summed E-state index contributed by atoms with van der Waals surface area (Å²) < 4.78 is 32.5. The van der Waals surface area contributed by atoms with Crippen molar-refractivity contribution in [3.63, 3.8) is 0 Å². The number of nitrogens with zero attached hydrogens (tertiary/aromatic N) is 1. The molecule has 3 aromatic rings. The molecule has 0 aliphatic carbocycles. The van der Waals surface area contributed by atoms with Gasteiger partial charge >= 0.3 is 0 Å². The quantitative estimate of drug-likeness (QED) is 0.585. The molecule has 0 unspecified atom stereocenters. The second-order valence-electron chi connectivity index (χ2n) is 6.65. The minimum absolute atomic E-state index is 0.103. The number of halogens is 1. The lowest BCUT2D eigenvalue weighted by Crippen LogP contribution is -2.26. The summed E-state index contributed by atoms with van der Waals surface area (Å²) in [6, 6.07) is 19.7. The topological polar surface area (TPSA) is 75.7 Å².